The van der Waals surface area contributed by atoms with Gasteiger partial charge in [0.2, 0.25) is 0 Å². The predicted molar refractivity (Wildman–Crippen MR) is 151 cm³/mol. The first-order chi connectivity index (χ1) is 18.8. The fourth-order valence-corrected chi connectivity index (χ4v) is 5.49. The van der Waals surface area contributed by atoms with E-state index >= 15 is 0 Å². The summed E-state index contributed by atoms with van der Waals surface area (Å²) in [4.78, 5) is 19.3. The van der Waals surface area contributed by atoms with E-state index in [1.54, 1.807) is 30.6 Å². The Balaban J connectivity index is 1.37. The van der Waals surface area contributed by atoms with E-state index in [4.69, 9.17) is 0 Å². The SMILES string of the molecule is Cc1ccc(C(=O)Nc2ccc(CN3CCSCC3)c(C(F)(F)F)c2)cc1C#Cc1cncc2ccccc12. The number of nitrogens with one attached hydrogen (secondary N) is 1. The Morgan fingerprint density at radius 2 is 1.77 bits per heavy atom. The molecule has 1 aromatic heterocycles. The molecule has 2 heterocycles. The maximum Gasteiger partial charge on any atom is 0.416 e. The van der Waals surface area contributed by atoms with E-state index < -0.39 is 17.6 Å². The number of carbonyl (C=O) groups excluding carboxylic acids is 1. The van der Waals surface area contributed by atoms with Crippen LogP contribution in [0.15, 0.2) is 73.1 Å². The van der Waals surface area contributed by atoms with Crippen molar-refractivity contribution >= 4 is 34.1 Å². The maximum atomic E-state index is 13.9. The number of aromatic nitrogens is 1. The third kappa shape index (κ3) is 6.44. The molecule has 0 atom stereocenters. The van der Waals surface area contributed by atoms with Crippen molar-refractivity contribution in [1.82, 2.24) is 9.88 Å². The molecule has 39 heavy (non-hydrogen) atoms. The second-order valence-corrected chi connectivity index (χ2v) is 10.6. The van der Waals surface area contributed by atoms with Crippen molar-refractivity contribution in [2.24, 2.45) is 0 Å². The number of hydrogen-bond donors (Lipinski definition) is 1. The average Bonchev–Trinajstić information content (AvgIpc) is 2.93. The van der Waals surface area contributed by atoms with Crippen LogP contribution >= 0.6 is 11.8 Å². The summed E-state index contributed by atoms with van der Waals surface area (Å²) in [7, 11) is 0. The zero-order valence-electron chi connectivity index (χ0n) is 21.3. The Morgan fingerprint density at radius 3 is 2.56 bits per heavy atom. The zero-order valence-corrected chi connectivity index (χ0v) is 22.1. The van der Waals surface area contributed by atoms with E-state index in [1.807, 2.05) is 47.9 Å². The minimum atomic E-state index is -4.52. The maximum absolute atomic E-state index is 13.9. The van der Waals surface area contributed by atoms with Crippen molar-refractivity contribution in [3.63, 3.8) is 0 Å². The van der Waals surface area contributed by atoms with Crippen LogP contribution in [-0.2, 0) is 12.7 Å². The van der Waals surface area contributed by atoms with Crippen LogP contribution in [0.25, 0.3) is 10.8 Å². The second kappa shape index (κ2) is 11.5. The van der Waals surface area contributed by atoms with Crippen LogP contribution in [0, 0.1) is 18.8 Å². The topological polar surface area (TPSA) is 45.2 Å². The fourth-order valence-electron chi connectivity index (χ4n) is 4.51. The second-order valence-electron chi connectivity index (χ2n) is 9.40. The number of hydrogen-bond acceptors (Lipinski definition) is 4. The molecule has 1 fully saturated rings. The van der Waals surface area contributed by atoms with Gasteiger partial charge in [-0.1, -0.05) is 48.2 Å². The van der Waals surface area contributed by atoms with Crippen LogP contribution in [0.1, 0.15) is 38.2 Å². The summed E-state index contributed by atoms with van der Waals surface area (Å²) in [6.45, 7) is 3.64. The van der Waals surface area contributed by atoms with Crippen LogP contribution in [0.2, 0.25) is 0 Å². The quantitative estimate of drug-likeness (QED) is 0.288. The molecule has 1 N–H and O–H groups in total. The van der Waals surface area contributed by atoms with Gasteiger partial charge in [-0.3, -0.25) is 14.7 Å². The third-order valence-electron chi connectivity index (χ3n) is 6.67. The lowest BCUT2D eigenvalue weighted by Gasteiger charge is -2.27. The molecule has 1 saturated heterocycles. The Hall–Kier alpha value is -3.80. The molecule has 5 rings (SSSR count). The molecule has 0 spiro atoms. The van der Waals surface area contributed by atoms with Crippen molar-refractivity contribution < 1.29 is 18.0 Å². The summed E-state index contributed by atoms with van der Waals surface area (Å²) in [6.07, 6.45) is -1.04. The molecule has 0 bridgehead atoms. The first-order valence-corrected chi connectivity index (χ1v) is 13.7. The summed E-state index contributed by atoms with van der Waals surface area (Å²) in [5.74, 6) is 7.61. The van der Waals surface area contributed by atoms with Crippen LogP contribution < -0.4 is 5.32 Å². The number of anilines is 1. The number of amides is 1. The lowest BCUT2D eigenvalue weighted by molar-refractivity contribution is -0.138. The molecule has 4 nitrogen and oxygen atoms in total. The van der Waals surface area contributed by atoms with E-state index in [-0.39, 0.29) is 17.8 Å². The van der Waals surface area contributed by atoms with Crippen molar-refractivity contribution in [2.75, 3.05) is 29.9 Å². The van der Waals surface area contributed by atoms with Gasteiger partial charge in [0.05, 0.1) is 11.1 Å². The number of aryl methyl sites for hydroxylation is 1. The van der Waals surface area contributed by atoms with Gasteiger partial charge < -0.3 is 5.32 Å². The van der Waals surface area contributed by atoms with Crippen LogP contribution in [-0.4, -0.2) is 40.4 Å². The molecule has 4 aromatic rings. The van der Waals surface area contributed by atoms with Crippen molar-refractivity contribution in [3.05, 3.63) is 106 Å². The Bertz CT molecular complexity index is 1580. The Morgan fingerprint density at radius 1 is 1.00 bits per heavy atom. The number of thioether (sulfide) groups is 1. The summed E-state index contributed by atoms with van der Waals surface area (Å²) in [5, 5.41) is 4.59. The average molecular weight is 546 g/mol. The molecule has 1 aliphatic heterocycles. The van der Waals surface area contributed by atoms with E-state index in [2.05, 4.69) is 22.1 Å². The molecule has 3 aromatic carbocycles. The monoisotopic (exact) mass is 545 g/mol. The number of alkyl halides is 3. The molecule has 0 radical (unpaired) electrons. The molecule has 0 saturated carbocycles. The third-order valence-corrected chi connectivity index (χ3v) is 7.61. The number of nitrogens with zero attached hydrogens (tertiary/aromatic N) is 2. The molecule has 1 amide bonds. The van der Waals surface area contributed by atoms with Gasteiger partial charge in [0.15, 0.2) is 0 Å². The zero-order chi connectivity index (χ0) is 27.4. The summed E-state index contributed by atoms with van der Waals surface area (Å²) >= 11 is 1.81. The predicted octanol–water partition coefficient (Wildman–Crippen LogP) is 6.76. The number of fused-ring (bicyclic) bond motifs is 1. The van der Waals surface area contributed by atoms with E-state index in [9.17, 15) is 18.0 Å². The molecular weight excluding hydrogens is 519 g/mol. The van der Waals surface area contributed by atoms with Gasteiger partial charge in [-0.2, -0.15) is 24.9 Å². The first kappa shape index (κ1) is 26.8. The van der Waals surface area contributed by atoms with E-state index in [1.165, 1.54) is 12.1 Å². The summed E-state index contributed by atoms with van der Waals surface area (Å²) < 4.78 is 41.7. The first-order valence-electron chi connectivity index (χ1n) is 12.5. The highest BCUT2D eigenvalue weighted by Crippen LogP contribution is 2.35. The Kier molecular flexibility index (Phi) is 7.92. The number of benzene rings is 3. The normalized spacial score (nSPS) is 14.1. The molecule has 198 valence electrons. The highest BCUT2D eigenvalue weighted by Gasteiger charge is 2.34. The number of carbonyl (C=O) groups is 1. The van der Waals surface area contributed by atoms with Gasteiger partial charge in [-0.05, 0) is 42.3 Å². The number of rotatable bonds is 4. The van der Waals surface area contributed by atoms with Gasteiger partial charge in [-0.15, -0.1) is 0 Å². The van der Waals surface area contributed by atoms with Crippen molar-refractivity contribution in [1.29, 1.82) is 0 Å². The minimum Gasteiger partial charge on any atom is -0.322 e. The van der Waals surface area contributed by atoms with Gasteiger partial charge in [0, 0.05) is 71.1 Å². The van der Waals surface area contributed by atoms with Gasteiger partial charge in [0.1, 0.15) is 0 Å². The highest BCUT2D eigenvalue weighted by molar-refractivity contribution is 7.99. The largest absolute Gasteiger partial charge is 0.416 e. The van der Waals surface area contributed by atoms with E-state index in [0.29, 0.717) is 11.1 Å². The van der Waals surface area contributed by atoms with Gasteiger partial charge in [-0.25, -0.2) is 0 Å². The van der Waals surface area contributed by atoms with Crippen LogP contribution in [0.4, 0.5) is 18.9 Å². The van der Waals surface area contributed by atoms with Crippen molar-refractivity contribution in [3.8, 4) is 11.8 Å². The lowest BCUT2D eigenvalue weighted by atomic mass is 10.0. The molecular formula is C31H26F3N3OS. The summed E-state index contributed by atoms with van der Waals surface area (Å²) in [6, 6.07) is 16.9. The summed E-state index contributed by atoms with van der Waals surface area (Å²) in [5.41, 5.74) is 2.20. The van der Waals surface area contributed by atoms with Gasteiger partial charge >= 0.3 is 6.18 Å². The van der Waals surface area contributed by atoms with Crippen LogP contribution in [0.5, 0.6) is 0 Å². The van der Waals surface area contributed by atoms with Gasteiger partial charge in [0.25, 0.3) is 5.91 Å². The highest BCUT2D eigenvalue weighted by atomic mass is 32.2. The fraction of sp³-hybridized carbons (Fsp3) is 0.226. The smallest absolute Gasteiger partial charge is 0.322 e. The molecule has 0 unspecified atom stereocenters. The minimum absolute atomic E-state index is 0.0975. The van der Waals surface area contributed by atoms with Crippen LogP contribution in [0.3, 0.4) is 0 Å². The molecule has 8 heteroatoms. The standard InChI is InChI=1S/C31H26F3N3OS/c1-21-6-7-23(16-22(21)8-9-25-19-35-18-24-4-2-3-5-28(24)25)30(38)36-27-11-10-26(29(17-27)31(32,33)34)20-37-12-14-39-15-13-37/h2-7,10-11,16-19H,12-15,20H2,1H3,(H,36,38). The number of pyridine rings is 1. The molecule has 0 aliphatic carbocycles. The Labute approximate surface area is 229 Å². The number of halogens is 3. The lowest BCUT2D eigenvalue weighted by Crippen LogP contribution is -2.32. The molecule has 1 aliphatic rings. The van der Waals surface area contributed by atoms with E-state index in [0.717, 1.165) is 52.6 Å². The van der Waals surface area contributed by atoms with Crippen molar-refractivity contribution in [2.45, 2.75) is 19.6 Å².